The zero-order valence-corrected chi connectivity index (χ0v) is 18.5. The maximum Gasteiger partial charge on any atom is 0.338 e. The van der Waals surface area contributed by atoms with E-state index in [-0.39, 0.29) is 17.0 Å². The van der Waals surface area contributed by atoms with Gasteiger partial charge in [-0.2, -0.15) is 0 Å². The molecule has 6 nitrogen and oxygen atoms in total. The first kappa shape index (κ1) is 21.9. The number of aryl methyl sites for hydroxylation is 1. The number of carbonyl (C=O) groups excluding carboxylic acids is 2. The second-order valence-corrected chi connectivity index (χ2v) is 8.09. The molecule has 2 aromatic carbocycles. The summed E-state index contributed by atoms with van der Waals surface area (Å²) in [6, 6.07) is 12.6. The van der Waals surface area contributed by atoms with E-state index in [0.717, 1.165) is 35.0 Å². The van der Waals surface area contributed by atoms with Gasteiger partial charge in [0, 0.05) is 5.56 Å². The van der Waals surface area contributed by atoms with E-state index in [1.54, 1.807) is 30.3 Å². The lowest BCUT2D eigenvalue weighted by Crippen LogP contribution is -2.34. The monoisotopic (exact) mass is 441 g/mol. The molecule has 0 bridgehead atoms. The van der Waals surface area contributed by atoms with Crippen LogP contribution in [0.15, 0.2) is 42.5 Å². The van der Waals surface area contributed by atoms with Gasteiger partial charge in [-0.25, -0.2) is 9.78 Å². The first-order chi connectivity index (χ1) is 14.5. The highest BCUT2D eigenvalue weighted by Gasteiger charge is 2.13. The van der Waals surface area contributed by atoms with Gasteiger partial charge >= 0.3 is 5.97 Å². The molecule has 1 aromatic heterocycles. The fourth-order valence-corrected chi connectivity index (χ4v) is 3.86. The number of fused-ring (bicyclic) bond motifs is 1. The van der Waals surface area contributed by atoms with E-state index in [1.165, 1.54) is 11.3 Å². The summed E-state index contributed by atoms with van der Waals surface area (Å²) in [5.74, 6) is -0.626. The number of benzene rings is 2. The SMILES string of the molecule is CCCCOC(=O)c1ccc2nc(NC(=S)NC(=O)c3ccc(CC)cc3)sc2c1. The Kier molecular flexibility index (Phi) is 7.48. The van der Waals surface area contributed by atoms with Crippen LogP contribution in [-0.4, -0.2) is 28.6 Å². The number of thiocarbonyl (C=S) groups is 1. The normalized spacial score (nSPS) is 10.6. The van der Waals surface area contributed by atoms with Gasteiger partial charge in [-0.05, 0) is 61.0 Å². The number of hydrogen-bond acceptors (Lipinski definition) is 6. The number of carbonyl (C=O) groups is 2. The molecule has 3 rings (SSSR count). The summed E-state index contributed by atoms with van der Waals surface area (Å²) in [5.41, 5.74) is 2.92. The summed E-state index contributed by atoms with van der Waals surface area (Å²) in [5, 5.41) is 6.29. The van der Waals surface area contributed by atoms with Crippen molar-refractivity contribution in [1.29, 1.82) is 0 Å². The average molecular weight is 442 g/mol. The smallest absolute Gasteiger partial charge is 0.338 e. The Morgan fingerprint density at radius 2 is 1.83 bits per heavy atom. The molecule has 3 aromatic rings. The predicted molar refractivity (Wildman–Crippen MR) is 124 cm³/mol. The lowest BCUT2D eigenvalue weighted by Gasteiger charge is -2.07. The van der Waals surface area contributed by atoms with Crippen molar-refractivity contribution in [3.8, 4) is 0 Å². The number of ether oxygens (including phenoxy) is 1. The standard InChI is InChI=1S/C22H23N3O3S2/c1-3-5-12-28-20(27)16-10-11-17-18(13-16)30-22(23-17)25-21(29)24-19(26)15-8-6-14(4-2)7-9-15/h6-11,13H,3-5,12H2,1-2H3,(H2,23,24,25,26,29). The first-order valence-electron chi connectivity index (χ1n) is 9.79. The molecule has 0 aliphatic carbocycles. The third kappa shape index (κ3) is 5.61. The van der Waals surface area contributed by atoms with E-state index in [1.807, 2.05) is 19.1 Å². The van der Waals surface area contributed by atoms with Crippen LogP contribution in [0.25, 0.3) is 10.2 Å². The van der Waals surface area contributed by atoms with Crippen molar-refractivity contribution in [2.45, 2.75) is 33.1 Å². The van der Waals surface area contributed by atoms with Gasteiger partial charge in [-0.3, -0.25) is 10.1 Å². The largest absolute Gasteiger partial charge is 0.462 e. The Labute approximate surface area is 184 Å². The number of nitrogens with zero attached hydrogens (tertiary/aromatic N) is 1. The first-order valence-corrected chi connectivity index (χ1v) is 11.0. The predicted octanol–water partition coefficient (Wildman–Crippen LogP) is 4.94. The van der Waals surface area contributed by atoms with E-state index in [2.05, 4.69) is 22.5 Å². The molecule has 1 amide bonds. The minimum Gasteiger partial charge on any atom is -0.462 e. The molecule has 0 saturated carbocycles. The number of nitrogens with one attached hydrogen (secondary N) is 2. The highest BCUT2D eigenvalue weighted by Crippen LogP contribution is 2.27. The highest BCUT2D eigenvalue weighted by atomic mass is 32.1. The molecule has 0 saturated heterocycles. The van der Waals surface area contributed by atoms with Crippen LogP contribution in [-0.2, 0) is 11.2 Å². The zero-order valence-electron chi connectivity index (χ0n) is 16.9. The van der Waals surface area contributed by atoms with Gasteiger partial charge in [0.25, 0.3) is 5.91 Å². The van der Waals surface area contributed by atoms with Crippen LogP contribution >= 0.6 is 23.6 Å². The summed E-state index contributed by atoms with van der Waals surface area (Å²) in [4.78, 5) is 28.9. The Balaban J connectivity index is 1.62. The average Bonchev–Trinajstić information content (AvgIpc) is 3.14. The van der Waals surface area contributed by atoms with Crippen molar-refractivity contribution >= 4 is 55.9 Å². The Morgan fingerprint density at radius 1 is 1.10 bits per heavy atom. The van der Waals surface area contributed by atoms with Crippen LogP contribution < -0.4 is 10.6 Å². The third-order valence-electron chi connectivity index (χ3n) is 4.43. The minimum absolute atomic E-state index is 0.165. The van der Waals surface area contributed by atoms with Crippen LogP contribution in [0.2, 0.25) is 0 Å². The summed E-state index contributed by atoms with van der Waals surface area (Å²) in [7, 11) is 0. The Hall–Kier alpha value is -2.84. The number of esters is 1. The quantitative estimate of drug-likeness (QED) is 0.307. The molecule has 8 heteroatoms. The lowest BCUT2D eigenvalue weighted by atomic mass is 10.1. The molecule has 0 aliphatic heterocycles. The van der Waals surface area contributed by atoms with Gasteiger partial charge in [0.2, 0.25) is 0 Å². The molecule has 0 fully saturated rings. The van der Waals surface area contributed by atoms with E-state index in [4.69, 9.17) is 17.0 Å². The van der Waals surface area contributed by atoms with Gasteiger partial charge in [0.1, 0.15) is 0 Å². The van der Waals surface area contributed by atoms with Crippen molar-refractivity contribution in [1.82, 2.24) is 10.3 Å². The van der Waals surface area contributed by atoms with Gasteiger partial charge in [0.15, 0.2) is 10.2 Å². The number of rotatable bonds is 7. The second kappa shape index (κ2) is 10.3. The van der Waals surface area contributed by atoms with Crippen LogP contribution in [0.4, 0.5) is 5.13 Å². The summed E-state index contributed by atoms with van der Waals surface area (Å²) >= 11 is 6.59. The topological polar surface area (TPSA) is 80.3 Å². The summed E-state index contributed by atoms with van der Waals surface area (Å²) in [6.45, 7) is 4.52. The Morgan fingerprint density at radius 3 is 2.53 bits per heavy atom. The van der Waals surface area contributed by atoms with Crippen molar-refractivity contribution in [3.05, 3.63) is 59.2 Å². The molecule has 0 aliphatic rings. The van der Waals surface area contributed by atoms with E-state index in [0.29, 0.717) is 22.9 Å². The van der Waals surface area contributed by atoms with Crippen molar-refractivity contribution in [2.75, 3.05) is 11.9 Å². The van der Waals surface area contributed by atoms with Crippen molar-refractivity contribution < 1.29 is 14.3 Å². The molecular formula is C22H23N3O3S2. The number of anilines is 1. The zero-order chi connectivity index (χ0) is 21.5. The van der Waals surface area contributed by atoms with E-state index in [9.17, 15) is 9.59 Å². The molecule has 0 spiro atoms. The molecule has 2 N–H and O–H groups in total. The fraction of sp³-hybridized carbons (Fsp3) is 0.273. The van der Waals surface area contributed by atoms with Gasteiger partial charge in [0.05, 0.1) is 22.4 Å². The molecule has 30 heavy (non-hydrogen) atoms. The molecular weight excluding hydrogens is 418 g/mol. The van der Waals surface area contributed by atoms with Gasteiger partial charge in [-0.1, -0.05) is 43.7 Å². The van der Waals surface area contributed by atoms with Crippen LogP contribution in [0.1, 0.15) is 53.0 Å². The minimum atomic E-state index is -0.342. The van der Waals surface area contributed by atoms with Crippen molar-refractivity contribution in [2.24, 2.45) is 0 Å². The van der Waals surface area contributed by atoms with Crippen molar-refractivity contribution in [3.63, 3.8) is 0 Å². The number of amides is 1. The third-order valence-corrected chi connectivity index (χ3v) is 5.56. The van der Waals surface area contributed by atoms with Crippen LogP contribution in [0.3, 0.4) is 0 Å². The molecule has 1 heterocycles. The van der Waals surface area contributed by atoms with Crippen LogP contribution in [0.5, 0.6) is 0 Å². The number of thiazole rings is 1. The highest BCUT2D eigenvalue weighted by molar-refractivity contribution is 7.80. The second-order valence-electron chi connectivity index (χ2n) is 6.65. The van der Waals surface area contributed by atoms with Gasteiger partial charge < -0.3 is 10.1 Å². The maximum absolute atomic E-state index is 12.3. The number of unbranched alkanes of at least 4 members (excludes halogenated alkanes) is 1. The summed E-state index contributed by atoms with van der Waals surface area (Å²) < 4.78 is 6.08. The lowest BCUT2D eigenvalue weighted by molar-refractivity contribution is 0.0500. The molecule has 0 atom stereocenters. The molecule has 0 radical (unpaired) electrons. The maximum atomic E-state index is 12.3. The number of aromatic nitrogens is 1. The van der Waals surface area contributed by atoms with E-state index >= 15 is 0 Å². The molecule has 156 valence electrons. The fourth-order valence-electron chi connectivity index (χ4n) is 2.69. The summed E-state index contributed by atoms with van der Waals surface area (Å²) in [6.07, 6.45) is 2.73. The van der Waals surface area contributed by atoms with Gasteiger partial charge in [-0.15, -0.1) is 0 Å². The van der Waals surface area contributed by atoms with E-state index < -0.39 is 0 Å². The number of hydrogen-bond donors (Lipinski definition) is 2. The Bertz CT molecular complexity index is 1060. The van der Waals surface area contributed by atoms with Crippen LogP contribution in [0, 0.1) is 0 Å². The molecule has 0 unspecified atom stereocenters.